The predicted octanol–water partition coefficient (Wildman–Crippen LogP) is -0.200. The Bertz CT molecular complexity index is 387. The van der Waals surface area contributed by atoms with Crippen molar-refractivity contribution in [2.75, 3.05) is 19.6 Å². The molecule has 0 unspecified atom stereocenters. The van der Waals surface area contributed by atoms with Gasteiger partial charge in [-0.2, -0.15) is 0 Å². The molecule has 5 heteroatoms. The van der Waals surface area contributed by atoms with Gasteiger partial charge in [-0.05, 0) is 19.1 Å². The maximum Gasteiger partial charge on any atom is 0.251 e. The lowest BCUT2D eigenvalue weighted by Crippen LogP contribution is -2.37. The van der Waals surface area contributed by atoms with Crippen LogP contribution in [0.3, 0.4) is 0 Å². The van der Waals surface area contributed by atoms with Crippen LogP contribution in [0.1, 0.15) is 15.9 Å². The molecule has 1 rings (SSSR count). The minimum atomic E-state index is -0.227. The quantitative estimate of drug-likeness (QED) is 0.618. The van der Waals surface area contributed by atoms with Gasteiger partial charge >= 0.3 is 0 Å². The average molecular weight is 235 g/mol. The summed E-state index contributed by atoms with van der Waals surface area (Å²) in [6.07, 6.45) is 0. The summed E-state index contributed by atoms with van der Waals surface area (Å²) in [7, 11) is 0. The Morgan fingerprint density at radius 1 is 1.12 bits per heavy atom. The van der Waals surface area contributed by atoms with Crippen LogP contribution in [0.5, 0.6) is 0 Å². The average Bonchev–Trinajstić information content (AvgIpc) is 2.34. The van der Waals surface area contributed by atoms with E-state index in [0.29, 0.717) is 18.7 Å². The minimum absolute atomic E-state index is 0.0358. The van der Waals surface area contributed by atoms with Crippen LogP contribution >= 0.6 is 0 Å². The van der Waals surface area contributed by atoms with Crippen molar-refractivity contribution >= 4 is 11.8 Å². The molecule has 0 aliphatic carbocycles. The van der Waals surface area contributed by atoms with Crippen LogP contribution in [0.15, 0.2) is 24.3 Å². The highest BCUT2D eigenvalue weighted by Crippen LogP contribution is 2.02. The molecular formula is C12H17N3O2. The van der Waals surface area contributed by atoms with Gasteiger partial charge in [0.15, 0.2) is 0 Å². The Hall–Kier alpha value is -1.88. The van der Waals surface area contributed by atoms with Crippen molar-refractivity contribution in [3.8, 4) is 0 Å². The van der Waals surface area contributed by atoms with Crippen LogP contribution < -0.4 is 16.4 Å². The molecule has 0 aliphatic rings. The molecule has 17 heavy (non-hydrogen) atoms. The molecule has 4 N–H and O–H groups in total. The Labute approximate surface area is 100 Å². The summed E-state index contributed by atoms with van der Waals surface area (Å²) in [5.41, 5.74) is 6.84. The van der Waals surface area contributed by atoms with Gasteiger partial charge in [-0.25, -0.2) is 0 Å². The first-order chi connectivity index (χ1) is 8.13. The highest BCUT2D eigenvalue weighted by Gasteiger charge is 2.03. The van der Waals surface area contributed by atoms with E-state index >= 15 is 0 Å². The van der Waals surface area contributed by atoms with E-state index in [9.17, 15) is 9.59 Å². The van der Waals surface area contributed by atoms with Gasteiger partial charge < -0.3 is 16.4 Å². The first kappa shape index (κ1) is 13.2. The van der Waals surface area contributed by atoms with Crippen LogP contribution in [0.25, 0.3) is 0 Å². The van der Waals surface area contributed by atoms with E-state index in [-0.39, 0.29) is 18.4 Å². The summed E-state index contributed by atoms with van der Waals surface area (Å²) in [4.78, 5) is 22.4. The number of amides is 2. The highest BCUT2D eigenvalue weighted by atomic mass is 16.2. The fraction of sp³-hybridized carbons (Fsp3) is 0.333. The van der Waals surface area contributed by atoms with E-state index in [0.717, 1.165) is 5.56 Å². The van der Waals surface area contributed by atoms with Gasteiger partial charge in [-0.15, -0.1) is 0 Å². The smallest absolute Gasteiger partial charge is 0.251 e. The molecule has 0 fully saturated rings. The number of nitrogens with two attached hydrogens (primary N) is 1. The molecule has 0 aliphatic heterocycles. The van der Waals surface area contributed by atoms with Gasteiger partial charge in [0.2, 0.25) is 5.91 Å². The topological polar surface area (TPSA) is 84.2 Å². The van der Waals surface area contributed by atoms with Crippen molar-refractivity contribution in [3.05, 3.63) is 35.4 Å². The highest BCUT2D eigenvalue weighted by molar-refractivity contribution is 5.94. The van der Waals surface area contributed by atoms with Gasteiger partial charge in [0.25, 0.3) is 5.91 Å². The minimum Gasteiger partial charge on any atom is -0.353 e. The van der Waals surface area contributed by atoms with Gasteiger partial charge in [-0.1, -0.05) is 17.7 Å². The summed E-state index contributed by atoms with van der Waals surface area (Å²) < 4.78 is 0. The predicted molar refractivity (Wildman–Crippen MR) is 65.6 cm³/mol. The van der Waals surface area contributed by atoms with Crippen molar-refractivity contribution < 1.29 is 9.59 Å². The molecule has 5 nitrogen and oxygen atoms in total. The van der Waals surface area contributed by atoms with Crippen molar-refractivity contribution in [1.29, 1.82) is 0 Å². The SMILES string of the molecule is Cc1ccc(C(=O)NCCNC(=O)CN)cc1. The summed E-state index contributed by atoms with van der Waals surface area (Å²) >= 11 is 0. The monoisotopic (exact) mass is 235 g/mol. The van der Waals surface area contributed by atoms with E-state index < -0.39 is 0 Å². The van der Waals surface area contributed by atoms with Crippen molar-refractivity contribution in [1.82, 2.24) is 10.6 Å². The first-order valence-electron chi connectivity index (χ1n) is 5.45. The molecule has 0 radical (unpaired) electrons. The summed E-state index contributed by atoms with van der Waals surface area (Å²) in [6, 6.07) is 7.29. The third kappa shape index (κ3) is 4.65. The lowest BCUT2D eigenvalue weighted by Gasteiger charge is -2.06. The molecule has 0 saturated carbocycles. The van der Waals surface area contributed by atoms with E-state index in [1.165, 1.54) is 0 Å². The second kappa shape index (κ2) is 6.65. The van der Waals surface area contributed by atoms with Gasteiger partial charge in [0, 0.05) is 18.7 Å². The third-order valence-electron chi connectivity index (χ3n) is 2.23. The third-order valence-corrected chi connectivity index (χ3v) is 2.23. The fourth-order valence-electron chi connectivity index (χ4n) is 1.26. The number of benzene rings is 1. The van der Waals surface area contributed by atoms with Gasteiger partial charge in [-0.3, -0.25) is 9.59 Å². The van der Waals surface area contributed by atoms with Crippen LogP contribution in [0, 0.1) is 6.92 Å². The van der Waals surface area contributed by atoms with E-state index in [1.807, 2.05) is 19.1 Å². The van der Waals surface area contributed by atoms with E-state index in [4.69, 9.17) is 5.73 Å². The molecule has 1 aromatic carbocycles. The van der Waals surface area contributed by atoms with Crippen LogP contribution in [0.4, 0.5) is 0 Å². The lowest BCUT2D eigenvalue weighted by atomic mass is 10.1. The zero-order valence-corrected chi connectivity index (χ0v) is 9.82. The van der Waals surface area contributed by atoms with Gasteiger partial charge in [0.05, 0.1) is 6.54 Å². The number of hydrogen-bond donors (Lipinski definition) is 3. The number of carbonyl (C=O) groups is 2. The fourth-order valence-corrected chi connectivity index (χ4v) is 1.26. The number of aryl methyl sites for hydroxylation is 1. The zero-order valence-electron chi connectivity index (χ0n) is 9.82. The normalized spacial score (nSPS) is 9.76. The van der Waals surface area contributed by atoms with E-state index in [1.54, 1.807) is 12.1 Å². The second-order valence-corrected chi connectivity index (χ2v) is 3.68. The molecule has 0 saturated heterocycles. The van der Waals surface area contributed by atoms with Crippen LogP contribution in [-0.4, -0.2) is 31.4 Å². The summed E-state index contributed by atoms with van der Waals surface area (Å²) in [6.45, 7) is 2.70. The Morgan fingerprint density at radius 2 is 1.71 bits per heavy atom. The number of hydrogen-bond acceptors (Lipinski definition) is 3. The summed E-state index contributed by atoms with van der Waals surface area (Å²) in [5.74, 6) is -0.374. The molecular weight excluding hydrogens is 218 g/mol. The van der Waals surface area contributed by atoms with E-state index in [2.05, 4.69) is 10.6 Å². The largest absolute Gasteiger partial charge is 0.353 e. The molecule has 1 aromatic rings. The molecule has 0 atom stereocenters. The Balaban J connectivity index is 2.30. The van der Waals surface area contributed by atoms with Crippen molar-refractivity contribution in [3.63, 3.8) is 0 Å². The van der Waals surface area contributed by atoms with Crippen molar-refractivity contribution in [2.45, 2.75) is 6.92 Å². The molecule has 0 aromatic heterocycles. The molecule has 2 amide bonds. The number of rotatable bonds is 5. The van der Waals surface area contributed by atoms with Crippen LogP contribution in [0.2, 0.25) is 0 Å². The maximum atomic E-state index is 11.6. The van der Waals surface area contributed by atoms with Gasteiger partial charge in [0.1, 0.15) is 0 Å². The second-order valence-electron chi connectivity index (χ2n) is 3.68. The molecule has 92 valence electrons. The maximum absolute atomic E-state index is 11.6. The Morgan fingerprint density at radius 3 is 2.29 bits per heavy atom. The number of nitrogens with one attached hydrogen (secondary N) is 2. The standard InChI is InChI=1S/C12H17N3O2/c1-9-2-4-10(5-3-9)12(17)15-7-6-14-11(16)8-13/h2-5H,6-8,13H2,1H3,(H,14,16)(H,15,17). The number of carbonyl (C=O) groups excluding carboxylic acids is 2. The molecule has 0 bridgehead atoms. The van der Waals surface area contributed by atoms with Crippen LogP contribution in [-0.2, 0) is 4.79 Å². The molecule has 0 heterocycles. The molecule has 0 spiro atoms. The Kier molecular flexibility index (Phi) is 5.16. The lowest BCUT2D eigenvalue weighted by molar-refractivity contribution is -0.119. The first-order valence-corrected chi connectivity index (χ1v) is 5.45. The van der Waals surface area contributed by atoms with Crippen molar-refractivity contribution in [2.24, 2.45) is 5.73 Å². The zero-order chi connectivity index (χ0) is 12.7. The summed E-state index contributed by atoms with van der Waals surface area (Å²) in [5, 5.41) is 5.27.